The second-order valence-electron chi connectivity index (χ2n) is 8.32. The quantitative estimate of drug-likeness (QED) is 0.204. The van der Waals surface area contributed by atoms with Gasteiger partial charge in [-0.3, -0.25) is 9.69 Å². The van der Waals surface area contributed by atoms with Gasteiger partial charge in [0, 0.05) is 25.6 Å². The third-order valence-electron chi connectivity index (χ3n) is 5.57. The smallest absolute Gasteiger partial charge is 0.227 e. The van der Waals surface area contributed by atoms with Gasteiger partial charge in [-0.1, -0.05) is 103 Å². The van der Waals surface area contributed by atoms with Crippen LogP contribution in [0.3, 0.4) is 0 Å². The molecule has 1 aromatic rings. The first kappa shape index (κ1) is 24.7. The normalized spacial score (nSPS) is 10.9. The van der Waals surface area contributed by atoms with E-state index in [1.165, 1.54) is 89.9 Å². The molecule has 160 valence electrons. The Labute approximate surface area is 174 Å². The molecule has 0 radical (unpaired) electrons. The summed E-state index contributed by atoms with van der Waals surface area (Å²) in [6.07, 6.45) is 25.1. The lowest BCUT2D eigenvalue weighted by Crippen LogP contribution is -2.43. The molecule has 0 aliphatic heterocycles. The minimum Gasteiger partial charge on any atom is -0.290 e. The summed E-state index contributed by atoms with van der Waals surface area (Å²) in [5, 5.41) is 0. The first-order valence-corrected chi connectivity index (χ1v) is 11.9. The van der Waals surface area contributed by atoms with Crippen molar-refractivity contribution in [3.63, 3.8) is 0 Å². The van der Waals surface area contributed by atoms with Crippen LogP contribution < -0.4 is 4.57 Å². The number of rotatable bonds is 18. The van der Waals surface area contributed by atoms with Gasteiger partial charge in [0.2, 0.25) is 12.6 Å². The van der Waals surface area contributed by atoms with Crippen LogP contribution in [0, 0.1) is 0 Å². The Morgan fingerprint density at radius 2 is 1.11 bits per heavy atom. The van der Waals surface area contributed by atoms with Crippen LogP contribution in [0.4, 0.5) is 0 Å². The van der Waals surface area contributed by atoms with E-state index in [0.717, 1.165) is 6.42 Å². The van der Waals surface area contributed by atoms with Gasteiger partial charge in [-0.05, 0) is 6.42 Å². The molecule has 1 heterocycles. The van der Waals surface area contributed by atoms with E-state index in [1.54, 1.807) is 0 Å². The number of pyridine rings is 1. The van der Waals surface area contributed by atoms with Gasteiger partial charge >= 0.3 is 0 Å². The summed E-state index contributed by atoms with van der Waals surface area (Å²) in [4.78, 5) is 14.0. The highest BCUT2D eigenvalue weighted by Gasteiger charge is 2.11. The van der Waals surface area contributed by atoms with Crippen molar-refractivity contribution >= 4 is 5.91 Å². The second kappa shape index (κ2) is 17.7. The zero-order valence-electron chi connectivity index (χ0n) is 18.7. The van der Waals surface area contributed by atoms with Gasteiger partial charge in [0.25, 0.3) is 0 Å². The number of amides is 1. The van der Waals surface area contributed by atoms with Gasteiger partial charge in [0.1, 0.15) is 0 Å². The van der Waals surface area contributed by atoms with Crippen LogP contribution in [0.2, 0.25) is 0 Å². The SMILES string of the molecule is CCCCCCCCCCCCCCCCCC(=O)N(C)C[n+]1ccccc1. The molecular weight excluding hydrogens is 344 g/mol. The molecule has 0 N–H and O–H groups in total. The molecule has 28 heavy (non-hydrogen) atoms. The van der Waals surface area contributed by atoms with Crippen molar-refractivity contribution in [2.45, 2.75) is 116 Å². The van der Waals surface area contributed by atoms with Gasteiger partial charge in [-0.25, -0.2) is 0 Å². The molecule has 0 aromatic carbocycles. The highest BCUT2D eigenvalue weighted by Crippen LogP contribution is 2.13. The van der Waals surface area contributed by atoms with E-state index in [9.17, 15) is 4.79 Å². The number of aromatic nitrogens is 1. The molecular formula is C25H45N2O+. The average Bonchev–Trinajstić information content (AvgIpc) is 2.71. The Bertz CT molecular complexity index is 475. The van der Waals surface area contributed by atoms with E-state index in [1.807, 2.05) is 47.1 Å². The zero-order chi connectivity index (χ0) is 20.3. The predicted octanol–water partition coefficient (Wildman–Crippen LogP) is 6.65. The average molecular weight is 390 g/mol. The van der Waals surface area contributed by atoms with Crippen molar-refractivity contribution in [1.29, 1.82) is 0 Å². The second-order valence-corrected chi connectivity index (χ2v) is 8.32. The summed E-state index contributed by atoms with van der Waals surface area (Å²) in [5.74, 6) is 0.256. The molecule has 0 saturated carbocycles. The fraction of sp³-hybridized carbons (Fsp3) is 0.760. The van der Waals surface area contributed by atoms with E-state index in [2.05, 4.69) is 6.92 Å². The first-order valence-electron chi connectivity index (χ1n) is 11.9. The number of nitrogens with zero attached hydrogens (tertiary/aromatic N) is 2. The van der Waals surface area contributed by atoms with Crippen molar-refractivity contribution in [3.05, 3.63) is 30.6 Å². The Kier molecular flexibility index (Phi) is 15.6. The molecule has 1 aromatic heterocycles. The minimum atomic E-state index is 0.256. The van der Waals surface area contributed by atoms with Gasteiger partial charge in [0.05, 0.1) is 0 Å². The molecule has 0 unspecified atom stereocenters. The van der Waals surface area contributed by atoms with Crippen LogP contribution in [-0.4, -0.2) is 17.9 Å². The Morgan fingerprint density at radius 3 is 1.57 bits per heavy atom. The van der Waals surface area contributed by atoms with Gasteiger partial charge < -0.3 is 0 Å². The highest BCUT2D eigenvalue weighted by atomic mass is 16.2. The van der Waals surface area contributed by atoms with Crippen LogP contribution in [0.1, 0.15) is 110 Å². The van der Waals surface area contributed by atoms with Crippen molar-refractivity contribution in [2.75, 3.05) is 7.05 Å². The molecule has 0 atom stereocenters. The van der Waals surface area contributed by atoms with E-state index >= 15 is 0 Å². The monoisotopic (exact) mass is 389 g/mol. The molecule has 0 spiro atoms. The molecule has 0 aliphatic carbocycles. The number of carbonyl (C=O) groups excluding carboxylic acids is 1. The van der Waals surface area contributed by atoms with Crippen LogP contribution in [0.5, 0.6) is 0 Å². The van der Waals surface area contributed by atoms with Crippen molar-refractivity contribution in [3.8, 4) is 0 Å². The molecule has 0 bridgehead atoms. The van der Waals surface area contributed by atoms with Crippen LogP contribution in [-0.2, 0) is 11.5 Å². The summed E-state index contributed by atoms with van der Waals surface area (Å²) in [7, 11) is 1.90. The summed E-state index contributed by atoms with van der Waals surface area (Å²) >= 11 is 0. The van der Waals surface area contributed by atoms with E-state index in [0.29, 0.717) is 13.1 Å². The Hall–Kier alpha value is -1.38. The fourth-order valence-electron chi connectivity index (χ4n) is 3.69. The van der Waals surface area contributed by atoms with Crippen LogP contribution >= 0.6 is 0 Å². The topological polar surface area (TPSA) is 24.2 Å². The maximum atomic E-state index is 12.2. The predicted molar refractivity (Wildman–Crippen MR) is 119 cm³/mol. The summed E-state index contributed by atoms with van der Waals surface area (Å²) in [6, 6.07) is 5.98. The lowest BCUT2D eigenvalue weighted by Gasteiger charge is -2.13. The molecule has 1 amide bonds. The summed E-state index contributed by atoms with van der Waals surface area (Å²) < 4.78 is 2.03. The van der Waals surface area contributed by atoms with Crippen molar-refractivity contribution < 1.29 is 9.36 Å². The standard InChI is InChI=1S/C25H45N2O/c1-3-4-5-6-7-8-9-10-11-12-13-14-15-16-18-21-25(28)26(2)24-27-22-19-17-20-23-27/h17,19-20,22-23H,3-16,18,21,24H2,1-2H3/q+1. The summed E-state index contributed by atoms with van der Waals surface area (Å²) in [5.41, 5.74) is 0. The number of hydrogen-bond donors (Lipinski definition) is 0. The van der Waals surface area contributed by atoms with Crippen LogP contribution in [0.25, 0.3) is 0 Å². The fourth-order valence-corrected chi connectivity index (χ4v) is 3.69. The molecule has 0 saturated heterocycles. The largest absolute Gasteiger partial charge is 0.290 e. The van der Waals surface area contributed by atoms with Crippen molar-refractivity contribution in [2.24, 2.45) is 0 Å². The van der Waals surface area contributed by atoms with E-state index in [-0.39, 0.29) is 5.91 Å². The van der Waals surface area contributed by atoms with E-state index in [4.69, 9.17) is 0 Å². The zero-order valence-corrected chi connectivity index (χ0v) is 18.7. The third-order valence-corrected chi connectivity index (χ3v) is 5.57. The van der Waals surface area contributed by atoms with E-state index < -0.39 is 0 Å². The molecule has 0 fully saturated rings. The lowest BCUT2D eigenvalue weighted by atomic mass is 10.0. The molecule has 3 heteroatoms. The Morgan fingerprint density at radius 1 is 0.679 bits per heavy atom. The molecule has 3 nitrogen and oxygen atoms in total. The third kappa shape index (κ3) is 13.7. The summed E-state index contributed by atoms with van der Waals surface area (Å²) in [6.45, 7) is 2.92. The maximum Gasteiger partial charge on any atom is 0.227 e. The maximum absolute atomic E-state index is 12.2. The lowest BCUT2D eigenvalue weighted by molar-refractivity contribution is -0.712. The molecule has 0 aliphatic rings. The number of unbranched alkanes of at least 4 members (excludes halogenated alkanes) is 14. The highest BCUT2D eigenvalue weighted by molar-refractivity contribution is 5.75. The minimum absolute atomic E-state index is 0.256. The van der Waals surface area contributed by atoms with Crippen LogP contribution in [0.15, 0.2) is 30.6 Å². The number of carbonyl (C=O) groups is 1. The van der Waals surface area contributed by atoms with Gasteiger partial charge in [0.15, 0.2) is 12.4 Å². The van der Waals surface area contributed by atoms with Gasteiger partial charge in [-0.15, -0.1) is 0 Å². The van der Waals surface area contributed by atoms with Gasteiger partial charge in [-0.2, -0.15) is 4.57 Å². The number of hydrogen-bond acceptors (Lipinski definition) is 1. The Balaban J connectivity index is 1.84. The van der Waals surface area contributed by atoms with Crippen molar-refractivity contribution in [1.82, 2.24) is 4.90 Å². The first-order chi connectivity index (χ1) is 13.7. The molecule has 1 rings (SSSR count).